The van der Waals surface area contributed by atoms with Crippen LogP contribution in [0.15, 0.2) is 34.9 Å². The Bertz CT molecular complexity index is 1160. The zero-order valence-corrected chi connectivity index (χ0v) is 22.8. The van der Waals surface area contributed by atoms with Crippen LogP contribution >= 0.6 is 0 Å². The maximum absolute atomic E-state index is 13.4. The Hall–Kier alpha value is -2.90. The number of amides is 2. The Morgan fingerprint density at radius 2 is 1.79 bits per heavy atom. The molecule has 38 heavy (non-hydrogen) atoms. The molecule has 4 fully saturated rings. The summed E-state index contributed by atoms with van der Waals surface area (Å²) in [4.78, 5) is 32.3. The highest BCUT2D eigenvalue weighted by Crippen LogP contribution is 2.52. The van der Waals surface area contributed by atoms with Crippen molar-refractivity contribution in [2.75, 3.05) is 6.54 Å². The third kappa shape index (κ3) is 5.59. The van der Waals surface area contributed by atoms with Crippen molar-refractivity contribution in [2.24, 2.45) is 5.92 Å². The molecule has 2 aromatic rings. The zero-order chi connectivity index (χ0) is 26.5. The molecular weight excluding hydrogens is 480 g/mol. The molecule has 0 spiro atoms. The molecule has 2 atom stereocenters. The molecule has 4 aliphatic carbocycles. The smallest absolute Gasteiger partial charge is 0.410 e. The van der Waals surface area contributed by atoms with E-state index in [4.69, 9.17) is 14.2 Å². The largest absolute Gasteiger partial charge is 0.444 e. The van der Waals surface area contributed by atoms with E-state index in [1.807, 2.05) is 31.7 Å². The molecule has 8 nitrogen and oxygen atoms in total. The molecule has 2 amide bonds. The summed E-state index contributed by atoms with van der Waals surface area (Å²) in [5.41, 5.74) is 0.443. The van der Waals surface area contributed by atoms with E-state index in [-0.39, 0.29) is 41.3 Å². The highest BCUT2D eigenvalue weighted by Gasteiger charge is 2.55. The van der Waals surface area contributed by atoms with Gasteiger partial charge in [-0.25, -0.2) is 4.79 Å². The first-order valence-corrected chi connectivity index (χ1v) is 14.4. The second-order valence-corrected chi connectivity index (χ2v) is 13.0. The maximum Gasteiger partial charge on any atom is 0.410 e. The van der Waals surface area contributed by atoms with Crippen LogP contribution in [0.3, 0.4) is 0 Å². The maximum atomic E-state index is 13.4. The minimum atomic E-state index is -0.556. The summed E-state index contributed by atoms with van der Waals surface area (Å²) in [7, 11) is 0. The average Bonchev–Trinajstić information content (AvgIpc) is 3.78. The van der Waals surface area contributed by atoms with Gasteiger partial charge in [0.1, 0.15) is 5.60 Å². The number of hydrogen-bond donors (Lipinski definition) is 1. The molecule has 0 aliphatic heterocycles. The molecule has 0 saturated heterocycles. The Labute approximate surface area is 224 Å². The molecule has 6 rings (SSSR count). The summed E-state index contributed by atoms with van der Waals surface area (Å²) in [5.74, 6) is 2.46. The van der Waals surface area contributed by atoms with E-state index in [2.05, 4.69) is 34.7 Å². The van der Waals surface area contributed by atoms with Crippen LogP contribution in [0.25, 0.3) is 0 Å². The summed E-state index contributed by atoms with van der Waals surface area (Å²) in [6, 6.07) is 10.8. The van der Waals surface area contributed by atoms with Crippen molar-refractivity contribution in [3.05, 3.63) is 47.6 Å². The molecule has 0 radical (unpaired) electrons. The molecule has 4 aliphatic rings. The fourth-order valence-electron chi connectivity index (χ4n) is 5.92. The van der Waals surface area contributed by atoms with Crippen LogP contribution < -0.4 is 5.32 Å². The van der Waals surface area contributed by atoms with E-state index in [9.17, 15) is 9.59 Å². The van der Waals surface area contributed by atoms with Gasteiger partial charge >= 0.3 is 6.09 Å². The SMILES string of the molecule is CC(C)(C)OC(=O)N(CC1(c2noc(C3CCC(NC(=O)C4CC4)CC3)n2)CC1)[C@@H]1C[C@H]1c1ccccc1. The molecule has 1 aromatic carbocycles. The highest BCUT2D eigenvalue weighted by atomic mass is 16.6. The number of carbonyl (C=O) groups is 2. The molecular formula is C30H40N4O4. The lowest BCUT2D eigenvalue weighted by atomic mass is 9.86. The second kappa shape index (κ2) is 9.69. The summed E-state index contributed by atoms with van der Waals surface area (Å²) in [6.45, 7) is 6.29. The zero-order valence-electron chi connectivity index (χ0n) is 22.8. The van der Waals surface area contributed by atoms with Gasteiger partial charge in [0.25, 0.3) is 0 Å². The summed E-state index contributed by atoms with van der Waals surface area (Å²) in [6.07, 6.45) is 8.40. The monoisotopic (exact) mass is 520 g/mol. The van der Waals surface area contributed by atoms with Crippen LogP contribution in [0.5, 0.6) is 0 Å². The fraction of sp³-hybridized carbons (Fsp3) is 0.667. The van der Waals surface area contributed by atoms with Gasteiger partial charge in [-0.05, 0) is 84.1 Å². The van der Waals surface area contributed by atoms with Gasteiger partial charge in [0, 0.05) is 36.4 Å². The number of nitrogens with zero attached hydrogens (tertiary/aromatic N) is 3. The Morgan fingerprint density at radius 1 is 1.08 bits per heavy atom. The number of carbonyl (C=O) groups excluding carboxylic acids is 2. The lowest BCUT2D eigenvalue weighted by molar-refractivity contribution is -0.123. The lowest BCUT2D eigenvalue weighted by Gasteiger charge is -2.30. The van der Waals surface area contributed by atoms with E-state index in [0.717, 1.165) is 63.6 Å². The summed E-state index contributed by atoms with van der Waals surface area (Å²) >= 11 is 0. The minimum Gasteiger partial charge on any atom is -0.444 e. The van der Waals surface area contributed by atoms with Gasteiger partial charge < -0.3 is 19.5 Å². The molecule has 1 heterocycles. The van der Waals surface area contributed by atoms with Crippen molar-refractivity contribution in [3.8, 4) is 0 Å². The number of aromatic nitrogens is 2. The van der Waals surface area contributed by atoms with Crippen molar-refractivity contribution in [3.63, 3.8) is 0 Å². The predicted molar refractivity (Wildman–Crippen MR) is 142 cm³/mol. The van der Waals surface area contributed by atoms with Crippen LogP contribution in [0.1, 0.15) is 108 Å². The standard InChI is InChI=1S/C30H40N4O4/c1-29(2,3)37-28(36)34(24-17-23(24)19-7-5-4-6-8-19)18-30(15-16-30)27-32-26(38-33-27)21-11-13-22(14-12-21)31-25(35)20-9-10-20/h4-8,20-24H,9-18H2,1-3H3,(H,31,35)/t21?,22?,23-,24+/m0/s1. The number of benzene rings is 1. The Morgan fingerprint density at radius 3 is 2.42 bits per heavy atom. The van der Waals surface area contributed by atoms with Gasteiger partial charge in [-0.2, -0.15) is 4.98 Å². The number of nitrogens with one attached hydrogen (secondary N) is 1. The van der Waals surface area contributed by atoms with Crippen LogP contribution in [0.2, 0.25) is 0 Å². The number of rotatable bonds is 8. The van der Waals surface area contributed by atoms with Gasteiger partial charge in [0.2, 0.25) is 11.8 Å². The van der Waals surface area contributed by atoms with Crippen molar-refractivity contribution in [2.45, 2.75) is 113 Å². The van der Waals surface area contributed by atoms with E-state index >= 15 is 0 Å². The summed E-state index contributed by atoms with van der Waals surface area (Å²) < 4.78 is 11.6. The fourth-order valence-corrected chi connectivity index (χ4v) is 5.92. The first kappa shape index (κ1) is 25.4. The first-order valence-electron chi connectivity index (χ1n) is 14.4. The average molecular weight is 521 g/mol. The molecule has 0 bridgehead atoms. The normalized spacial score (nSPS) is 27.9. The Kier molecular flexibility index (Phi) is 6.47. The minimum absolute atomic E-state index is 0.122. The van der Waals surface area contributed by atoms with Crippen LogP contribution in [-0.4, -0.2) is 51.3 Å². The second-order valence-electron chi connectivity index (χ2n) is 13.0. The van der Waals surface area contributed by atoms with Gasteiger partial charge in [-0.15, -0.1) is 0 Å². The van der Waals surface area contributed by atoms with Crippen LogP contribution in [0, 0.1) is 5.92 Å². The van der Waals surface area contributed by atoms with Gasteiger partial charge in [-0.1, -0.05) is 35.5 Å². The molecule has 1 N–H and O–H groups in total. The number of ether oxygens (including phenoxy) is 1. The third-order valence-electron chi connectivity index (χ3n) is 8.63. The molecule has 1 aromatic heterocycles. The van der Waals surface area contributed by atoms with Crippen LogP contribution in [0.4, 0.5) is 4.79 Å². The van der Waals surface area contributed by atoms with E-state index in [0.29, 0.717) is 18.4 Å². The summed E-state index contributed by atoms with van der Waals surface area (Å²) in [5, 5.41) is 7.65. The van der Waals surface area contributed by atoms with E-state index in [1.165, 1.54) is 5.56 Å². The number of hydrogen-bond acceptors (Lipinski definition) is 6. The van der Waals surface area contributed by atoms with Gasteiger partial charge in [0.15, 0.2) is 5.82 Å². The lowest BCUT2D eigenvalue weighted by Crippen LogP contribution is -2.43. The van der Waals surface area contributed by atoms with Crippen molar-refractivity contribution in [1.82, 2.24) is 20.4 Å². The Balaban J connectivity index is 1.12. The molecule has 0 unspecified atom stereocenters. The molecule has 8 heteroatoms. The van der Waals surface area contributed by atoms with Crippen molar-refractivity contribution < 1.29 is 18.8 Å². The highest BCUT2D eigenvalue weighted by molar-refractivity contribution is 5.81. The predicted octanol–water partition coefficient (Wildman–Crippen LogP) is 5.45. The van der Waals surface area contributed by atoms with Gasteiger partial charge in [0.05, 0.1) is 5.41 Å². The van der Waals surface area contributed by atoms with E-state index in [1.54, 1.807) is 0 Å². The molecule has 204 valence electrons. The van der Waals surface area contributed by atoms with E-state index < -0.39 is 5.60 Å². The van der Waals surface area contributed by atoms with Crippen LogP contribution in [-0.2, 0) is 14.9 Å². The van der Waals surface area contributed by atoms with Crippen molar-refractivity contribution >= 4 is 12.0 Å². The first-order chi connectivity index (χ1) is 18.2. The topological polar surface area (TPSA) is 97.6 Å². The quantitative estimate of drug-likeness (QED) is 0.497. The third-order valence-corrected chi connectivity index (χ3v) is 8.63. The van der Waals surface area contributed by atoms with Crippen molar-refractivity contribution in [1.29, 1.82) is 0 Å². The van der Waals surface area contributed by atoms with Gasteiger partial charge in [-0.3, -0.25) is 4.79 Å². The molecule has 4 saturated carbocycles.